The average Bonchev–Trinajstić information content (AvgIpc) is 2.17. The monoisotopic (exact) mass is 222 g/mol. The summed E-state index contributed by atoms with van der Waals surface area (Å²) >= 11 is 0. The zero-order valence-electron chi connectivity index (χ0n) is 8.85. The Morgan fingerprint density at radius 1 is 1.12 bits per heavy atom. The van der Waals surface area contributed by atoms with Crippen LogP contribution in [0.25, 0.3) is 0 Å². The normalized spacial score (nSPS) is 21.8. The summed E-state index contributed by atoms with van der Waals surface area (Å²) in [7, 11) is 0. The quantitative estimate of drug-likeness (QED) is 0.657. The lowest BCUT2D eigenvalue weighted by Gasteiger charge is -2.45. The molecular formula is C13H12F2O. The predicted molar refractivity (Wildman–Crippen MR) is 55.5 cm³/mol. The molecule has 1 fully saturated rings. The molecule has 0 radical (unpaired) electrons. The fraction of sp³-hybridized carbons (Fsp3) is 0.462. The Morgan fingerprint density at radius 3 is 2.50 bits per heavy atom. The van der Waals surface area contributed by atoms with Crippen molar-refractivity contribution in [2.24, 2.45) is 0 Å². The molecule has 0 aliphatic heterocycles. The van der Waals surface area contributed by atoms with Gasteiger partial charge < -0.3 is 0 Å². The van der Waals surface area contributed by atoms with Crippen LogP contribution in [0, 0.1) is 11.6 Å². The molecule has 1 aromatic carbocycles. The van der Waals surface area contributed by atoms with E-state index in [1.807, 2.05) is 0 Å². The lowest BCUT2D eigenvalue weighted by molar-refractivity contribution is 0.0914. The minimum Gasteiger partial charge on any atom is -0.294 e. The van der Waals surface area contributed by atoms with Gasteiger partial charge in [0.05, 0.1) is 0 Å². The standard InChI is InChI=1S/C13H12F2O/c14-8-6-9-11(16)2-5-13(3-1-4-13)12(9)10(15)7-8/h6-7H,1-5H2. The zero-order valence-corrected chi connectivity index (χ0v) is 8.85. The molecule has 2 aliphatic carbocycles. The number of benzene rings is 1. The maximum Gasteiger partial charge on any atom is 0.163 e. The molecule has 16 heavy (non-hydrogen) atoms. The number of hydrogen-bond acceptors (Lipinski definition) is 1. The van der Waals surface area contributed by atoms with E-state index >= 15 is 0 Å². The van der Waals surface area contributed by atoms with Crippen molar-refractivity contribution < 1.29 is 13.6 Å². The molecule has 0 heterocycles. The molecule has 0 aromatic heterocycles. The van der Waals surface area contributed by atoms with Gasteiger partial charge >= 0.3 is 0 Å². The summed E-state index contributed by atoms with van der Waals surface area (Å²) < 4.78 is 26.9. The average molecular weight is 222 g/mol. The van der Waals surface area contributed by atoms with Crippen molar-refractivity contribution in [2.75, 3.05) is 0 Å². The van der Waals surface area contributed by atoms with Crippen molar-refractivity contribution in [1.82, 2.24) is 0 Å². The van der Waals surface area contributed by atoms with E-state index in [9.17, 15) is 13.6 Å². The summed E-state index contributed by atoms with van der Waals surface area (Å²) in [4.78, 5) is 11.7. The first kappa shape index (κ1) is 9.94. The van der Waals surface area contributed by atoms with E-state index in [1.165, 1.54) is 6.07 Å². The molecule has 3 rings (SSSR count). The van der Waals surface area contributed by atoms with Crippen LogP contribution in [0.5, 0.6) is 0 Å². The summed E-state index contributed by atoms with van der Waals surface area (Å²) in [5.74, 6) is -1.31. The molecule has 0 unspecified atom stereocenters. The van der Waals surface area contributed by atoms with Gasteiger partial charge in [-0.25, -0.2) is 8.78 Å². The van der Waals surface area contributed by atoms with Crippen LogP contribution in [-0.2, 0) is 5.41 Å². The molecule has 1 aromatic rings. The van der Waals surface area contributed by atoms with Gasteiger partial charge in [-0.15, -0.1) is 0 Å². The molecule has 0 bridgehead atoms. The number of carbonyl (C=O) groups is 1. The molecule has 0 N–H and O–H groups in total. The fourth-order valence-electron chi connectivity index (χ4n) is 3.05. The second-order valence-electron chi connectivity index (χ2n) is 4.87. The summed E-state index contributed by atoms with van der Waals surface area (Å²) in [6, 6.07) is 2.09. The Morgan fingerprint density at radius 2 is 1.88 bits per heavy atom. The number of carbonyl (C=O) groups excluding carboxylic acids is 1. The summed E-state index contributed by atoms with van der Waals surface area (Å²) in [5.41, 5.74) is 0.598. The summed E-state index contributed by atoms with van der Waals surface area (Å²) in [5, 5.41) is 0. The highest BCUT2D eigenvalue weighted by molar-refractivity contribution is 5.99. The largest absolute Gasteiger partial charge is 0.294 e. The Bertz CT molecular complexity index is 475. The van der Waals surface area contributed by atoms with E-state index < -0.39 is 11.6 Å². The van der Waals surface area contributed by atoms with Crippen molar-refractivity contribution in [1.29, 1.82) is 0 Å². The molecule has 1 spiro atoms. The van der Waals surface area contributed by atoms with Crippen molar-refractivity contribution in [3.05, 3.63) is 34.9 Å². The van der Waals surface area contributed by atoms with Crippen LogP contribution in [0.3, 0.4) is 0 Å². The zero-order chi connectivity index (χ0) is 11.3. The molecule has 3 heteroatoms. The first-order valence-electron chi connectivity index (χ1n) is 5.65. The highest BCUT2D eigenvalue weighted by atomic mass is 19.1. The number of fused-ring (bicyclic) bond motifs is 2. The van der Waals surface area contributed by atoms with Crippen molar-refractivity contribution in [2.45, 2.75) is 37.5 Å². The second-order valence-corrected chi connectivity index (χ2v) is 4.87. The van der Waals surface area contributed by atoms with Gasteiger partial charge in [0.25, 0.3) is 0 Å². The molecule has 0 amide bonds. The maximum atomic E-state index is 13.8. The summed E-state index contributed by atoms with van der Waals surface area (Å²) in [6.07, 6.45) is 4.08. The Kier molecular flexibility index (Phi) is 1.94. The number of ketones is 1. The van der Waals surface area contributed by atoms with Gasteiger partial charge in [-0.2, -0.15) is 0 Å². The molecular weight excluding hydrogens is 210 g/mol. The summed E-state index contributed by atoms with van der Waals surface area (Å²) in [6.45, 7) is 0. The fourth-order valence-corrected chi connectivity index (χ4v) is 3.05. The third-order valence-electron chi connectivity index (χ3n) is 4.03. The van der Waals surface area contributed by atoms with Crippen LogP contribution < -0.4 is 0 Å². The van der Waals surface area contributed by atoms with Crippen LogP contribution in [0.2, 0.25) is 0 Å². The predicted octanol–water partition coefficient (Wildman–Crippen LogP) is 3.36. The molecule has 0 atom stereocenters. The van der Waals surface area contributed by atoms with Gasteiger partial charge in [0.15, 0.2) is 5.78 Å². The Balaban J connectivity index is 2.24. The highest BCUT2D eigenvalue weighted by Gasteiger charge is 2.45. The number of hydrogen-bond donors (Lipinski definition) is 0. The van der Waals surface area contributed by atoms with Crippen LogP contribution in [0.15, 0.2) is 12.1 Å². The van der Waals surface area contributed by atoms with Gasteiger partial charge in [-0.1, -0.05) is 6.42 Å². The lowest BCUT2D eigenvalue weighted by Crippen LogP contribution is -2.40. The van der Waals surface area contributed by atoms with Crippen molar-refractivity contribution in [3.63, 3.8) is 0 Å². The van der Waals surface area contributed by atoms with Gasteiger partial charge in [0.1, 0.15) is 11.6 Å². The SMILES string of the molecule is O=C1CCC2(CCC2)c2c(F)cc(F)cc21. The second kappa shape index (κ2) is 3.12. The smallest absolute Gasteiger partial charge is 0.163 e. The van der Waals surface area contributed by atoms with E-state index in [1.54, 1.807) is 0 Å². The van der Waals surface area contributed by atoms with Gasteiger partial charge in [0, 0.05) is 23.6 Å². The van der Waals surface area contributed by atoms with Crippen molar-refractivity contribution >= 4 is 5.78 Å². The van der Waals surface area contributed by atoms with Gasteiger partial charge in [-0.3, -0.25) is 4.79 Å². The molecule has 1 nitrogen and oxygen atoms in total. The molecule has 84 valence electrons. The topological polar surface area (TPSA) is 17.1 Å². The van der Waals surface area contributed by atoms with Crippen LogP contribution in [0.4, 0.5) is 8.78 Å². The van der Waals surface area contributed by atoms with E-state index in [-0.39, 0.29) is 16.8 Å². The number of halogens is 2. The van der Waals surface area contributed by atoms with Crippen LogP contribution >= 0.6 is 0 Å². The number of rotatable bonds is 0. The van der Waals surface area contributed by atoms with Crippen molar-refractivity contribution in [3.8, 4) is 0 Å². The first-order valence-corrected chi connectivity index (χ1v) is 5.65. The first-order chi connectivity index (χ1) is 7.62. The van der Waals surface area contributed by atoms with E-state index in [0.29, 0.717) is 12.0 Å². The Labute approximate surface area is 92.5 Å². The van der Waals surface area contributed by atoms with Gasteiger partial charge in [-0.05, 0) is 30.7 Å². The number of Topliss-reactive ketones (excluding diaryl/α,β-unsaturated/α-hetero) is 1. The molecule has 0 saturated heterocycles. The van der Waals surface area contributed by atoms with E-state index in [0.717, 1.165) is 31.7 Å². The minimum atomic E-state index is -0.652. The third-order valence-corrected chi connectivity index (χ3v) is 4.03. The molecule has 1 saturated carbocycles. The van der Waals surface area contributed by atoms with Gasteiger partial charge in [0.2, 0.25) is 0 Å². The van der Waals surface area contributed by atoms with E-state index in [4.69, 9.17) is 0 Å². The Hall–Kier alpha value is -1.25. The van der Waals surface area contributed by atoms with Crippen LogP contribution in [-0.4, -0.2) is 5.78 Å². The van der Waals surface area contributed by atoms with Crippen LogP contribution in [0.1, 0.15) is 48.0 Å². The lowest BCUT2D eigenvalue weighted by atomic mass is 9.58. The highest BCUT2D eigenvalue weighted by Crippen LogP contribution is 2.51. The molecule has 2 aliphatic rings. The third kappa shape index (κ3) is 1.17. The minimum absolute atomic E-state index is 0.120. The van der Waals surface area contributed by atoms with E-state index in [2.05, 4.69) is 0 Å². The maximum absolute atomic E-state index is 13.8.